The fourth-order valence-electron chi connectivity index (χ4n) is 4.67. The first-order valence-electron chi connectivity index (χ1n) is 12.0. The number of carbonyl (C=O) groups excluding carboxylic acids is 1. The summed E-state index contributed by atoms with van der Waals surface area (Å²) >= 11 is 5.76. The Balaban J connectivity index is 1.57. The van der Waals surface area contributed by atoms with Crippen molar-refractivity contribution in [2.75, 3.05) is 23.9 Å². The Morgan fingerprint density at radius 2 is 1.85 bits per heavy atom. The molecule has 7 nitrogen and oxygen atoms in total. The number of rotatable bonds is 7. The fraction of sp³-hybridized carbons (Fsp3) is 0.179. The standard InChI is InChI=1S/C28H24F3N5O2S/c1-38-17-24(37)33-19-10-12-20(13-11-19)36-26(25(34-27(36)39)22-8-2-3-14-32-22)23-9-5-15-35(23)21-7-4-6-18(16-21)28(29,30)31/h2-16,25-26H,17H2,1H3,(H,33,37)(H,34,39). The van der Waals surface area contributed by atoms with E-state index in [0.29, 0.717) is 16.5 Å². The van der Waals surface area contributed by atoms with Crippen molar-refractivity contribution in [3.05, 3.63) is 108 Å². The second-order valence-electron chi connectivity index (χ2n) is 8.88. The molecular weight excluding hydrogens is 527 g/mol. The van der Waals surface area contributed by atoms with Crippen molar-refractivity contribution in [1.29, 1.82) is 0 Å². The van der Waals surface area contributed by atoms with Gasteiger partial charge in [-0.3, -0.25) is 9.78 Å². The Morgan fingerprint density at radius 3 is 2.54 bits per heavy atom. The van der Waals surface area contributed by atoms with Crippen LogP contribution >= 0.6 is 12.2 Å². The number of nitrogens with one attached hydrogen (secondary N) is 2. The van der Waals surface area contributed by atoms with E-state index >= 15 is 0 Å². The van der Waals surface area contributed by atoms with Crippen LogP contribution in [0.25, 0.3) is 5.69 Å². The SMILES string of the molecule is COCC(=O)Nc1ccc(N2C(=S)NC(c3ccccn3)C2c2cccn2-c2cccc(C(F)(F)F)c2)cc1. The van der Waals surface area contributed by atoms with E-state index in [1.54, 1.807) is 41.2 Å². The quantitative estimate of drug-likeness (QED) is 0.289. The summed E-state index contributed by atoms with van der Waals surface area (Å²) in [5.74, 6) is -0.282. The predicted molar refractivity (Wildman–Crippen MR) is 146 cm³/mol. The van der Waals surface area contributed by atoms with Gasteiger partial charge in [0.25, 0.3) is 0 Å². The number of hydrogen-bond acceptors (Lipinski definition) is 4. The number of ether oxygens (including phenoxy) is 1. The average Bonchev–Trinajstić information content (AvgIpc) is 3.54. The highest BCUT2D eigenvalue weighted by molar-refractivity contribution is 7.80. The second-order valence-corrected chi connectivity index (χ2v) is 9.26. The van der Waals surface area contributed by atoms with Gasteiger partial charge >= 0.3 is 6.18 Å². The van der Waals surface area contributed by atoms with Gasteiger partial charge in [-0.15, -0.1) is 0 Å². The van der Waals surface area contributed by atoms with Gasteiger partial charge in [0, 0.05) is 42.3 Å². The minimum Gasteiger partial charge on any atom is -0.375 e. The molecule has 0 radical (unpaired) electrons. The van der Waals surface area contributed by atoms with Gasteiger partial charge in [0.1, 0.15) is 12.6 Å². The number of methoxy groups -OCH3 is 1. The van der Waals surface area contributed by atoms with E-state index in [9.17, 15) is 18.0 Å². The molecule has 11 heteroatoms. The molecule has 2 aromatic carbocycles. The summed E-state index contributed by atoms with van der Waals surface area (Å²) in [6.45, 7) is -0.0672. The van der Waals surface area contributed by atoms with Gasteiger partial charge in [-0.2, -0.15) is 13.2 Å². The van der Waals surface area contributed by atoms with Gasteiger partial charge < -0.3 is 24.8 Å². The first kappa shape index (κ1) is 26.4. The van der Waals surface area contributed by atoms with Crippen molar-refractivity contribution in [3.8, 4) is 5.69 Å². The Hall–Kier alpha value is -4.22. The molecule has 2 aromatic heterocycles. The number of halogens is 3. The molecule has 0 bridgehead atoms. The van der Waals surface area contributed by atoms with Crippen molar-refractivity contribution in [2.24, 2.45) is 0 Å². The number of nitrogens with zero attached hydrogens (tertiary/aromatic N) is 3. The lowest BCUT2D eigenvalue weighted by atomic mass is 10.0. The summed E-state index contributed by atoms with van der Waals surface area (Å²) < 4.78 is 47.1. The summed E-state index contributed by atoms with van der Waals surface area (Å²) in [6, 6.07) is 20.7. The predicted octanol–water partition coefficient (Wildman–Crippen LogP) is 5.65. The summed E-state index contributed by atoms with van der Waals surface area (Å²) in [4.78, 5) is 18.4. The third-order valence-electron chi connectivity index (χ3n) is 6.34. The van der Waals surface area contributed by atoms with Crippen LogP contribution in [0.1, 0.15) is 29.0 Å². The van der Waals surface area contributed by atoms with Crippen molar-refractivity contribution in [3.63, 3.8) is 0 Å². The van der Waals surface area contributed by atoms with Crippen molar-refractivity contribution in [2.45, 2.75) is 18.3 Å². The highest BCUT2D eigenvalue weighted by Gasteiger charge is 2.42. The number of amides is 1. The number of benzene rings is 2. The molecule has 1 saturated heterocycles. The number of aromatic nitrogens is 2. The molecule has 1 fully saturated rings. The van der Waals surface area contributed by atoms with Crippen LogP contribution in [0.4, 0.5) is 24.5 Å². The van der Waals surface area contributed by atoms with Gasteiger partial charge in [0.15, 0.2) is 5.11 Å². The third-order valence-corrected chi connectivity index (χ3v) is 6.65. The van der Waals surface area contributed by atoms with Gasteiger partial charge in [0.05, 0.1) is 17.3 Å². The van der Waals surface area contributed by atoms with Gasteiger partial charge in [0.2, 0.25) is 5.91 Å². The Bertz CT molecular complexity index is 1470. The Kier molecular flexibility index (Phi) is 7.36. The molecule has 0 saturated carbocycles. The highest BCUT2D eigenvalue weighted by atomic mass is 32.1. The summed E-state index contributed by atoms with van der Waals surface area (Å²) in [7, 11) is 1.44. The first-order valence-corrected chi connectivity index (χ1v) is 12.4. The number of pyridine rings is 1. The van der Waals surface area contributed by atoms with E-state index in [-0.39, 0.29) is 18.6 Å². The summed E-state index contributed by atoms with van der Waals surface area (Å²) in [5.41, 5.74) is 2.41. The largest absolute Gasteiger partial charge is 0.416 e. The van der Waals surface area contributed by atoms with Crippen molar-refractivity contribution in [1.82, 2.24) is 14.9 Å². The molecule has 3 heterocycles. The molecule has 2 atom stereocenters. The van der Waals surface area contributed by atoms with Crippen LogP contribution in [0.15, 0.2) is 91.3 Å². The molecule has 2 N–H and O–H groups in total. The second kappa shape index (κ2) is 10.9. The molecule has 200 valence electrons. The van der Waals surface area contributed by atoms with Crippen LogP contribution in [0.5, 0.6) is 0 Å². The van der Waals surface area contributed by atoms with Gasteiger partial charge in [-0.05, 0) is 78.9 Å². The minimum absolute atomic E-state index is 0.0672. The van der Waals surface area contributed by atoms with Crippen LogP contribution in [0.3, 0.4) is 0 Å². The maximum absolute atomic E-state index is 13.5. The average molecular weight is 552 g/mol. The Morgan fingerprint density at radius 1 is 1.05 bits per heavy atom. The third kappa shape index (κ3) is 5.50. The number of alkyl halides is 3. The zero-order valence-electron chi connectivity index (χ0n) is 20.7. The molecular formula is C28H24F3N5O2S. The van der Waals surface area contributed by atoms with E-state index in [4.69, 9.17) is 17.0 Å². The van der Waals surface area contributed by atoms with E-state index < -0.39 is 17.8 Å². The van der Waals surface area contributed by atoms with E-state index in [1.807, 2.05) is 41.3 Å². The van der Waals surface area contributed by atoms with Crippen LogP contribution in [-0.4, -0.2) is 34.3 Å². The molecule has 2 unspecified atom stereocenters. The number of carbonyl (C=O) groups is 1. The van der Waals surface area contributed by atoms with Crippen LogP contribution in [0.2, 0.25) is 0 Å². The monoisotopic (exact) mass is 551 g/mol. The molecule has 0 aliphatic carbocycles. The molecule has 1 amide bonds. The van der Waals surface area contributed by atoms with Crippen molar-refractivity contribution >= 4 is 34.6 Å². The zero-order chi connectivity index (χ0) is 27.6. The van der Waals surface area contributed by atoms with Gasteiger partial charge in [-0.1, -0.05) is 12.1 Å². The van der Waals surface area contributed by atoms with Crippen LogP contribution in [-0.2, 0) is 15.7 Å². The zero-order valence-corrected chi connectivity index (χ0v) is 21.5. The highest BCUT2D eigenvalue weighted by Crippen LogP contribution is 2.42. The maximum atomic E-state index is 13.5. The minimum atomic E-state index is -4.47. The van der Waals surface area contributed by atoms with Gasteiger partial charge in [-0.25, -0.2) is 0 Å². The number of hydrogen-bond donors (Lipinski definition) is 2. The molecule has 5 rings (SSSR count). The summed E-state index contributed by atoms with van der Waals surface area (Å²) in [6.07, 6.45) is -1.06. The molecule has 4 aromatic rings. The first-order chi connectivity index (χ1) is 18.8. The van der Waals surface area contributed by atoms with Crippen LogP contribution < -0.4 is 15.5 Å². The number of anilines is 2. The van der Waals surface area contributed by atoms with E-state index in [0.717, 1.165) is 29.2 Å². The lowest BCUT2D eigenvalue weighted by molar-refractivity contribution is -0.137. The summed E-state index contributed by atoms with van der Waals surface area (Å²) in [5, 5.41) is 6.54. The molecule has 1 aliphatic rings. The Labute approximate surface area is 228 Å². The maximum Gasteiger partial charge on any atom is 0.416 e. The topological polar surface area (TPSA) is 71.4 Å². The van der Waals surface area contributed by atoms with Crippen molar-refractivity contribution < 1.29 is 22.7 Å². The molecule has 39 heavy (non-hydrogen) atoms. The lowest BCUT2D eigenvalue weighted by Crippen LogP contribution is -2.30. The molecule has 0 spiro atoms. The normalized spacial score (nSPS) is 17.2. The smallest absolute Gasteiger partial charge is 0.375 e. The lowest BCUT2D eigenvalue weighted by Gasteiger charge is -2.29. The van der Waals surface area contributed by atoms with Crippen LogP contribution in [0, 0.1) is 0 Å². The molecule has 1 aliphatic heterocycles. The number of thiocarbonyl (C=S) groups is 1. The van der Waals surface area contributed by atoms with E-state index in [1.165, 1.54) is 13.2 Å². The fourth-order valence-corrected chi connectivity index (χ4v) is 5.02. The van der Waals surface area contributed by atoms with E-state index in [2.05, 4.69) is 15.6 Å².